The number of halogens is 1. The Hall–Kier alpha value is -0.710. The van der Waals surface area contributed by atoms with Gasteiger partial charge in [0.15, 0.2) is 0 Å². The lowest BCUT2D eigenvalue weighted by Crippen LogP contribution is -2.52. The fourth-order valence-corrected chi connectivity index (χ4v) is 4.35. The molecule has 1 fully saturated rings. The molecule has 0 saturated heterocycles. The highest BCUT2D eigenvalue weighted by molar-refractivity contribution is 7.90. The normalized spacial score (nSPS) is 18.3. The Bertz CT molecular complexity index is 747. The molecule has 1 atom stereocenters. The van der Waals surface area contributed by atoms with Crippen molar-refractivity contribution in [1.29, 1.82) is 0 Å². The van der Waals surface area contributed by atoms with Crippen LogP contribution in [0.15, 0.2) is 34.1 Å². The van der Waals surface area contributed by atoms with E-state index in [1.165, 1.54) is 18.2 Å². The van der Waals surface area contributed by atoms with Gasteiger partial charge >= 0.3 is 0 Å². The number of rotatable bonds is 6. The molecule has 1 unspecified atom stereocenters. The number of primary sulfonamides is 1. The van der Waals surface area contributed by atoms with Crippen molar-refractivity contribution in [2.75, 3.05) is 6.54 Å². The van der Waals surface area contributed by atoms with Crippen LogP contribution in [-0.4, -0.2) is 28.9 Å². The molecule has 0 bridgehead atoms. The minimum absolute atomic E-state index is 0. The molecule has 1 aromatic rings. The standard InChI is InChI=1S/C12H19N3O4S2.ClH/c1-12(8-13,9-5-6-9)15-21(18,19)11-4-2-3-10(7-11)20(14,16)17;/h2-4,7,9,15H,5-6,8,13H2,1H3,(H2,14,16,17);1H. The zero-order chi connectivity index (χ0) is 15.9. The summed E-state index contributed by atoms with van der Waals surface area (Å²) in [7, 11) is -7.82. The molecule has 0 spiro atoms. The lowest BCUT2D eigenvalue weighted by atomic mass is 9.98. The van der Waals surface area contributed by atoms with Crippen LogP contribution in [0.25, 0.3) is 0 Å². The molecule has 0 heterocycles. The molecule has 1 saturated carbocycles. The maximum absolute atomic E-state index is 12.4. The van der Waals surface area contributed by atoms with Crippen LogP contribution in [0.4, 0.5) is 0 Å². The number of benzene rings is 1. The maximum atomic E-state index is 12.4. The molecule has 1 aliphatic carbocycles. The second-order valence-electron chi connectivity index (χ2n) is 5.52. The molecule has 10 heteroatoms. The first-order valence-corrected chi connectivity index (χ1v) is 9.48. The van der Waals surface area contributed by atoms with Crippen LogP contribution < -0.4 is 15.6 Å². The molecular formula is C12H20ClN3O4S2. The Morgan fingerprint density at radius 3 is 2.23 bits per heavy atom. The zero-order valence-electron chi connectivity index (χ0n) is 12.0. The molecule has 0 aliphatic heterocycles. The van der Waals surface area contributed by atoms with Crippen molar-refractivity contribution in [1.82, 2.24) is 4.72 Å². The monoisotopic (exact) mass is 369 g/mol. The van der Waals surface area contributed by atoms with E-state index in [0.717, 1.165) is 18.9 Å². The number of nitrogens with one attached hydrogen (secondary N) is 1. The average molecular weight is 370 g/mol. The smallest absolute Gasteiger partial charge is 0.241 e. The van der Waals surface area contributed by atoms with Gasteiger partial charge in [0.25, 0.3) is 0 Å². The van der Waals surface area contributed by atoms with Crippen LogP contribution in [-0.2, 0) is 20.0 Å². The van der Waals surface area contributed by atoms with Crippen molar-refractivity contribution < 1.29 is 16.8 Å². The fraction of sp³-hybridized carbons (Fsp3) is 0.500. The Morgan fingerprint density at radius 2 is 1.77 bits per heavy atom. The highest BCUT2D eigenvalue weighted by Gasteiger charge is 2.43. The fourth-order valence-electron chi connectivity index (χ4n) is 2.20. The van der Waals surface area contributed by atoms with Crippen LogP contribution in [0.1, 0.15) is 19.8 Å². The van der Waals surface area contributed by atoms with Gasteiger partial charge in [-0.2, -0.15) is 0 Å². The van der Waals surface area contributed by atoms with Crippen molar-refractivity contribution >= 4 is 32.5 Å². The summed E-state index contributed by atoms with van der Waals surface area (Å²) in [6.07, 6.45) is 1.85. The Kier molecular flexibility index (Phi) is 5.64. The van der Waals surface area contributed by atoms with Gasteiger partial charge < -0.3 is 5.73 Å². The maximum Gasteiger partial charge on any atom is 0.241 e. The average Bonchev–Trinajstić information content (AvgIpc) is 3.22. The van der Waals surface area contributed by atoms with Crippen LogP contribution in [0.2, 0.25) is 0 Å². The molecule has 5 N–H and O–H groups in total. The van der Waals surface area contributed by atoms with Crippen LogP contribution in [0.3, 0.4) is 0 Å². The number of hydrogen-bond acceptors (Lipinski definition) is 5. The van der Waals surface area contributed by atoms with Crippen molar-refractivity contribution in [3.8, 4) is 0 Å². The van der Waals surface area contributed by atoms with E-state index in [1.54, 1.807) is 6.92 Å². The third-order valence-corrected chi connectivity index (χ3v) is 6.23. The van der Waals surface area contributed by atoms with Gasteiger partial charge in [-0.25, -0.2) is 26.7 Å². The van der Waals surface area contributed by atoms with Crippen LogP contribution in [0.5, 0.6) is 0 Å². The van der Waals surface area contributed by atoms with E-state index < -0.39 is 25.6 Å². The Labute approximate surface area is 137 Å². The molecular weight excluding hydrogens is 350 g/mol. The van der Waals surface area contributed by atoms with Gasteiger partial charge in [-0.15, -0.1) is 12.4 Å². The number of sulfonamides is 2. The first kappa shape index (κ1) is 19.3. The summed E-state index contributed by atoms with van der Waals surface area (Å²) >= 11 is 0. The second-order valence-corrected chi connectivity index (χ2v) is 8.77. The van der Waals surface area contributed by atoms with Crippen molar-refractivity contribution in [2.45, 2.75) is 35.1 Å². The summed E-state index contributed by atoms with van der Waals surface area (Å²) in [5.74, 6) is 0.207. The molecule has 7 nitrogen and oxygen atoms in total. The summed E-state index contributed by atoms with van der Waals surface area (Å²) in [6, 6.07) is 4.95. The molecule has 0 aromatic heterocycles. The first-order valence-electron chi connectivity index (χ1n) is 6.45. The van der Waals surface area contributed by atoms with Gasteiger partial charge in [0.05, 0.1) is 9.79 Å². The predicted octanol–water partition coefficient (Wildman–Crippen LogP) is 0.162. The SMILES string of the molecule is CC(CN)(NS(=O)(=O)c1cccc(S(N)(=O)=O)c1)C1CC1.Cl. The molecule has 2 rings (SSSR count). The zero-order valence-corrected chi connectivity index (χ0v) is 14.5. The molecule has 22 heavy (non-hydrogen) atoms. The van der Waals surface area contributed by atoms with Crippen molar-refractivity contribution in [3.05, 3.63) is 24.3 Å². The Morgan fingerprint density at radius 1 is 1.23 bits per heavy atom. The molecule has 0 radical (unpaired) electrons. The van der Waals surface area contributed by atoms with E-state index >= 15 is 0 Å². The molecule has 0 amide bonds. The summed E-state index contributed by atoms with van der Waals surface area (Å²) < 4.78 is 50.0. The lowest BCUT2D eigenvalue weighted by Gasteiger charge is -2.29. The van der Waals surface area contributed by atoms with Crippen molar-refractivity contribution in [3.63, 3.8) is 0 Å². The largest absolute Gasteiger partial charge is 0.329 e. The topological polar surface area (TPSA) is 132 Å². The molecule has 126 valence electrons. The van der Waals surface area contributed by atoms with E-state index in [9.17, 15) is 16.8 Å². The first-order chi connectivity index (χ1) is 9.58. The quantitative estimate of drug-likeness (QED) is 0.657. The van der Waals surface area contributed by atoms with Gasteiger partial charge in [0.1, 0.15) is 0 Å². The minimum Gasteiger partial charge on any atom is -0.329 e. The van der Waals surface area contributed by atoms with E-state index in [2.05, 4.69) is 4.72 Å². The highest BCUT2D eigenvalue weighted by atomic mass is 35.5. The van der Waals surface area contributed by atoms with Crippen LogP contribution in [0, 0.1) is 5.92 Å². The van der Waals surface area contributed by atoms with E-state index in [-0.39, 0.29) is 34.7 Å². The number of hydrogen-bond donors (Lipinski definition) is 3. The van der Waals surface area contributed by atoms with Gasteiger partial charge in [-0.1, -0.05) is 6.07 Å². The van der Waals surface area contributed by atoms with Crippen LogP contribution >= 0.6 is 12.4 Å². The molecule has 1 aromatic carbocycles. The number of nitrogens with two attached hydrogens (primary N) is 2. The Balaban J connectivity index is 0.00000242. The van der Waals surface area contributed by atoms with Gasteiger partial charge in [0.2, 0.25) is 20.0 Å². The van der Waals surface area contributed by atoms with Gasteiger partial charge in [-0.05, 0) is 43.9 Å². The van der Waals surface area contributed by atoms with Gasteiger partial charge in [0, 0.05) is 12.1 Å². The third-order valence-electron chi connectivity index (χ3n) is 3.71. The summed E-state index contributed by atoms with van der Waals surface area (Å²) in [6.45, 7) is 1.93. The lowest BCUT2D eigenvalue weighted by molar-refractivity contribution is 0.374. The van der Waals surface area contributed by atoms with E-state index in [1.807, 2.05) is 0 Å². The minimum atomic E-state index is -3.96. The summed E-state index contributed by atoms with van der Waals surface area (Å²) in [5.41, 5.74) is 4.96. The van der Waals surface area contributed by atoms with Gasteiger partial charge in [-0.3, -0.25) is 0 Å². The third kappa shape index (κ3) is 4.18. The summed E-state index contributed by atoms with van der Waals surface area (Å²) in [4.78, 5) is -0.388. The van der Waals surface area contributed by atoms with E-state index in [4.69, 9.17) is 10.9 Å². The second kappa shape index (κ2) is 6.42. The summed E-state index contributed by atoms with van der Waals surface area (Å²) in [5, 5.41) is 5.02. The predicted molar refractivity (Wildman–Crippen MR) is 85.6 cm³/mol. The van der Waals surface area contributed by atoms with E-state index in [0.29, 0.717) is 0 Å². The molecule has 1 aliphatic rings. The van der Waals surface area contributed by atoms with Crippen molar-refractivity contribution in [2.24, 2.45) is 16.8 Å². The highest BCUT2D eigenvalue weighted by Crippen LogP contribution is 2.39.